The maximum absolute atomic E-state index is 13.6. The molecule has 1 unspecified atom stereocenters. The minimum Gasteiger partial charge on any atom is -0.382 e. The monoisotopic (exact) mass is 308 g/mol. The summed E-state index contributed by atoms with van der Waals surface area (Å²) in [6.45, 7) is 0.445. The van der Waals surface area contributed by atoms with Crippen molar-refractivity contribution in [3.8, 4) is 0 Å². The third-order valence-corrected chi connectivity index (χ3v) is 3.34. The van der Waals surface area contributed by atoms with Gasteiger partial charge in [-0.2, -0.15) is 0 Å². The van der Waals surface area contributed by atoms with Gasteiger partial charge in [-0.05, 0) is 5.56 Å². The summed E-state index contributed by atoms with van der Waals surface area (Å²) in [7, 11) is 4.90. The van der Waals surface area contributed by atoms with E-state index in [1.54, 1.807) is 7.05 Å². The van der Waals surface area contributed by atoms with Gasteiger partial charge in [-0.15, -0.1) is 5.10 Å². The number of halogens is 1. The Morgan fingerprint density at radius 3 is 2.68 bits per heavy atom. The molecule has 0 aliphatic rings. The van der Waals surface area contributed by atoms with Crippen LogP contribution in [-0.4, -0.2) is 41.3 Å². The molecule has 0 bridgehead atoms. The summed E-state index contributed by atoms with van der Waals surface area (Å²) >= 11 is 0. The number of hydrogen-bond acceptors (Lipinski definition) is 4. The predicted molar refractivity (Wildman–Crippen MR) is 82.8 cm³/mol. The van der Waals surface area contributed by atoms with Crippen LogP contribution in [0.15, 0.2) is 35.1 Å². The lowest BCUT2D eigenvalue weighted by molar-refractivity contribution is 0.111. The SMILES string of the molecule is COCC(F)Cn1nc(N(C)Cc2ccccc2)n(C)c1=O. The van der Waals surface area contributed by atoms with Gasteiger partial charge in [-0.3, -0.25) is 4.57 Å². The number of aromatic nitrogens is 3. The third-order valence-electron chi connectivity index (χ3n) is 3.34. The normalized spacial score (nSPS) is 12.4. The quantitative estimate of drug-likeness (QED) is 0.771. The molecule has 0 radical (unpaired) electrons. The Morgan fingerprint density at radius 2 is 2.05 bits per heavy atom. The molecule has 6 nitrogen and oxygen atoms in total. The number of anilines is 1. The Balaban J connectivity index is 2.16. The number of rotatable bonds is 7. The lowest BCUT2D eigenvalue weighted by Gasteiger charge is -2.17. The van der Waals surface area contributed by atoms with E-state index in [1.807, 2.05) is 42.3 Å². The van der Waals surface area contributed by atoms with Crippen molar-refractivity contribution < 1.29 is 9.13 Å². The van der Waals surface area contributed by atoms with Crippen LogP contribution in [0.5, 0.6) is 0 Å². The lowest BCUT2D eigenvalue weighted by atomic mass is 10.2. The number of ether oxygens (including phenoxy) is 1. The van der Waals surface area contributed by atoms with Gasteiger partial charge in [0.25, 0.3) is 0 Å². The average Bonchev–Trinajstić information content (AvgIpc) is 2.77. The molecule has 0 fully saturated rings. The molecule has 1 atom stereocenters. The Kier molecular flexibility index (Phi) is 5.32. The van der Waals surface area contributed by atoms with Crippen molar-refractivity contribution in [3.05, 3.63) is 46.4 Å². The van der Waals surface area contributed by atoms with Crippen LogP contribution < -0.4 is 10.6 Å². The second-order valence-electron chi connectivity index (χ2n) is 5.22. The number of benzene rings is 1. The first kappa shape index (κ1) is 16.2. The summed E-state index contributed by atoms with van der Waals surface area (Å²) in [6.07, 6.45) is -1.26. The lowest BCUT2D eigenvalue weighted by Crippen LogP contribution is -2.28. The summed E-state index contributed by atoms with van der Waals surface area (Å²) in [5.74, 6) is 0.499. The average molecular weight is 308 g/mol. The maximum atomic E-state index is 13.6. The van der Waals surface area contributed by atoms with Crippen LogP contribution in [0.2, 0.25) is 0 Å². The van der Waals surface area contributed by atoms with Crippen LogP contribution in [0.1, 0.15) is 5.56 Å². The Bertz CT molecular complexity index is 653. The molecule has 0 saturated heterocycles. The van der Waals surface area contributed by atoms with Crippen molar-refractivity contribution in [1.29, 1.82) is 0 Å². The van der Waals surface area contributed by atoms with Crippen molar-refractivity contribution in [2.24, 2.45) is 7.05 Å². The molecule has 1 heterocycles. The fourth-order valence-electron chi connectivity index (χ4n) is 2.28. The second kappa shape index (κ2) is 7.22. The fraction of sp³-hybridized carbons (Fsp3) is 0.467. The molecular formula is C15H21FN4O2. The van der Waals surface area contributed by atoms with Crippen LogP contribution in [0, 0.1) is 0 Å². The van der Waals surface area contributed by atoms with Gasteiger partial charge in [0.05, 0.1) is 13.2 Å². The molecule has 0 aliphatic carbocycles. The molecule has 1 aromatic heterocycles. The molecule has 1 aromatic carbocycles. The molecule has 0 spiro atoms. The summed E-state index contributed by atoms with van der Waals surface area (Å²) < 4.78 is 20.9. The molecule has 0 saturated carbocycles. The molecule has 0 N–H and O–H groups in total. The van der Waals surface area contributed by atoms with Crippen LogP contribution in [0.3, 0.4) is 0 Å². The van der Waals surface area contributed by atoms with E-state index in [2.05, 4.69) is 5.10 Å². The zero-order chi connectivity index (χ0) is 16.1. The van der Waals surface area contributed by atoms with E-state index < -0.39 is 6.17 Å². The zero-order valence-electron chi connectivity index (χ0n) is 13.1. The Hall–Kier alpha value is -2.15. The van der Waals surface area contributed by atoms with Crippen LogP contribution in [0.4, 0.5) is 10.3 Å². The van der Waals surface area contributed by atoms with Gasteiger partial charge >= 0.3 is 5.69 Å². The first-order valence-corrected chi connectivity index (χ1v) is 7.04. The first-order chi connectivity index (χ1) is 10.5. The summed E-state index contributed by atoms with van der Waals surface area (Å²) in [6, 6.07) is 9.87. The van der Waals surface area contributed by atoms with E-state index in [1.165, 1.54) is 11.7 Å². The molecule has 2 rings (SSSR count). The molecule has 22 heavy (non-hydrogen) atoms. The van der Waals surface area contributed by atoms with E-state index in [0.717, 1.165) is 10.2 Å². The van der Waals surface area contributed by atoms with Crippen molar-refractivity contribution >= 4 is 5.95 Å². The van der Waals surface area contributed by atoms with Crippen LogP contribution in [0.25, 0.3) is 0 Å². The van der Waals surface area contributed by atoms with E-state index in [-0.39, 0.29) is 18.8 Å². The van der Waals surface area contributed by atoms with Crippen molar-refractivity contribution in [2.45, 2.75) is 19.3 Å². The van der Waals surface area contributed by atoms with E-state index in [9.17, 15) is 9.18 Å². The van der Waals surface area contributed by atoms with Crippen molar-refractivity contribution in [3.63, 3.8) is 0 Å². The Labute approximate surface area is 128 Å². The van der Waals surface area contributed by atoms with Gasteiger partial charge in [0.2, 0.25) is 5.95 Å². The molecule has 0 aliphatic heterocycles. The highest BCUT2D eigenvalue weighted by Crippen LogP contribution is 2.10. The number of alkyl halides is 1. The molecule has 2 aromatic rings. The highest BCUT2D eigenvalue weighted by Gasteiger charge is 2.17. The summed E-state index contributed by atoms with van der Waals surface area (Å²) in [5.41, 5.74) is 0.767. The zero-order valence-corrected chi connectivity index (χ0v) is 13.1. The van der Waals surface area contributed by atoms with E-state index in [0.29, 0.717) is 12.5 Å². The van der Waals surface area contributed by atoms with E-state index in [4.69, 9.17) is 4.74 Å². The van der Waals surface area contributed by atoms with Gasteiger partial charge in [0, 0.05) is 27.7 Å². The minimum atomic E-state index is -1.26. The van der Waals surface area contributed by atoms with Gasteiger partial charge in [-0.25, -0.2) is 13.9 Å². The highest BCUT2D eigenvalue weighted by atomic mass is 19.1. The topological polar surface area (TPSA) is 52.3 Å². The third kappa shape index (κ3) is 3.73. The van der Waals surface area contributed by atoms with Gasteiger partial charge in [0.1, 0.15) is 6.17 Å². The molecule has 0 amide bonds. The largest absolute Gasteiger partial charge is 0.382 e. The minimum absolute atomic E-state index is 0.0573. The van der Waals surface area contributed by atoms with Gasteiger partial charge in [-0.1, -0.05) is 30.3 Å². The maximum Gasteiger partial charge on any atom is 0.347 e. The van der Waals surface area contributed by atoms with Gasteiger partial charge < -0.3 is 9.64 Å². The second-order valence-corrected chi connectivity index (χ2v) is 5.22. The molecule has 7 heteroatoms. The molecule has 120 valence electrons. The summed E-state index contributed by atoms with van der Waals surface area (Å²) in [4.78, 5) is 14.0. The van der Waals surface area contributed by atoms with Crippen LogP contribution in [-0.2, 0) is 24.9 Å². The molecular weight excluding hydrogens is 287 g/mol. The fourth-order valence-corrected chi connectivity index (χ4v) is 2.28. The van der Waals surface area contributed by atoms with Gasteiger partial charge in [0.15, 0.2) is 0 Å². The van der Waals surface area contributed by atoms with Crippen molar-refractivity contribution in [1.82, 2.24) is 14.3 Å². The standard InChI is InChI=1S/C15H21FN4O2/c1-18(9-12-7-5-4-6-8-12)14-17-20(15(21)19(14)2)10-13(16)11-22-3/h4-8,13H,9-11H2,1-3H3. The smallest absolute Gasteiger partial charge is 0.347 e. The van der Waals surface area contributed by atoms with Crippen molar-refractivity contribution in [2.75, 3.05) is 25.7 Å². The summed E-state index contributed by atoms with van der Waals surface area (Å²) in [5, 5.41) is 4.23. The number of nitrogens with zero attached hydrogens (tertiary/aromatic N) is 4. The number of hydrogen-bond donors (Lipinski definition) is 0. The van der Waals surface area contributed by atoms with E-state index >= 15 is 0 Å². The highest BCUT2D eigenvalue weighted by molar-refractivity contribution is 5.30. The Morgan fingerprint density at radius 1 is 1.36 bits per heavy atom. The van der Waals surface area contributed by atoms with Crippen LogP contribution >= 0.6 is 0 Å². The first-order valence-electron chi connectivity index (χ1n) is 7.04. The number of methoxy groups -OCH3 is 1. The predicted octanol–water partition coefficient (Wildman–Crippen LogP) is 1.20.